The lowest BCUT2D eigenvalue weighted by atomic mass is 10.1. The molecule has 0 aliphatic rings. The van der Waals surface area contributed by atoms with E-state index in [1.54, 1.807) is 34.7 Å². The number of benzene rings is 2. The molecular formula is C24H26BrN3O3. The third-order valence-corrected chi connectivity index (χ3v) is 5.42. The van der Waals surface area contributed by atoms with Gasteiger partial charge in [-0.3, -0.25) is 4.79 Å². The quantitative estimate of drug-likeness (QED) is 0.405. The van der Waals surface area contributed by atoms with Crippen molar-refractivity contribution in [1.82, 2.24) is 14.7 Å². The Hall–Kier alpha value is -2.93. The second-order valence-electron chi connectivity index (χ2n) is 7.18. The predicted octanol–water partition coefficient (Wildman–Crippen LogP) is 5.35. The van der Waals surface area contributed by atoms with Crippen LogP contribution in [0.5, 0.6) is 0 Å². The molecule has 0 N–H and O–H groups in total. The highest BCUT2D eigenvalue weighted by atomic mass is 79.9. The molecule has 162 valence electrons. The molecule has 0 aliphatic carbocycles. The van der Waals surface area contributed by atoms with Gasteiger partial charge in [0.2, 0.25) is 0 Å². The normalized spacial score (nSPS) is 10.7. The number of carbonyl (C=O) groups excluding carboxylic acids is 2. The highest BCUT2D eigenvalue weighted by Crippen LogP contribution is 2.26. The maximum Gasteiger partial charge on any atom is 0.358 e. The van der Waals surface area contributed by atoms with Gasteiger partial charge in [0.05, 0.1) is 18.0 Å². The van der Waals surface area contributed by atoms with E-state index in [-0.39, 0.29) is 18.2 Å². The monoisotopic (exact) mass is 483 g/mol. The van der Waals surface area contributed by atoms with Gasteiger partial charge in [-0.1, -0.05) is 41.4 Å². The predicted molar refractivity (Wildman–Crippen MR) is 125 cm³/mol. The Morgan fingerprint density at radius 3 is 2.35 bits per heavy atom. The summed E-state index contributed by atoms with van der Waals surface area (Å²) >= 11 is 3.45. The number of aromatic nitrogens is 2. The van der Waals surface area contributed by atoms with Crippen LogP contribution in [0.4, 0.5) is 0 Å². The number of nitrogens with zero attached hydrogens (tertiary/aromatic N) is 3. The summed E-state index contributed by atoms with van der Waals surface area (Å²) in [6, 6.07) is 16.7. The van der Waals surface area contributed by atoms with E-state index in [0.29, 0.717) is 5.56 Å². The summed E-state index contributed by atoms with van der Waals surface area (Å²) in [5, 5.41) is 4.48. The Morgan fingerprint density at radius 1 is 1.06 bits per heavy atom. The minimum Gasteiger partial charge on any atom is -0.461 e. The Labute approximate surface area is 191 Å². The maximum atomic E-state index is 12.6. The van der Waals surface area contributed by atoms with Gasteiger partial charge >= 0.3 is 5.97 Å². The van der Waals surface area contributed by atoms with Gasteiger partial charge in [0.1, 0.15) is 0 Å². The molecule has 0 saturated heterocycles. The van der Waals surface area contributed by atoms with E-state index in [9.17, 15) is 9.59 Å². The summed E-state index contributed by atoms with van der Waals surface area (Å²) < 4.78 is 7.78. The number of carbonyl (C=O) groups is 2. The highest BCUT2D eigenvalue weighted by molar-refractivity contribution is 9.10. The first kappa shape index (κ1) is 22.7. The average Bonchev–Trinajstić information content (AvgIpc) is 3.23. The zero-order valence-corrected chi connectivity index (χ0v) is 19.6. The Bertz CT molecular complexity index is 1040. The third-order valence-electron chi connectivity index (χ3n) is 4.89. The van der Waals surface area contributed by atoms with Crippen LogP contribution in [0.25, 0.3) is 16.9 Å². The molecule has 3 aromatic rings. The van der Waals surface area contributed by atoms with Gasteiger partial charge in [0, 0.05) is 29.2 Å². The minimum absolute atomic E-state index is 0.0131. The molecule has 1 amide bonds. The fourth-order valence-corrected chi connectivity index (χ4v) is 3.44. The van der Waals surface area contributed by atoms with Gasteiger partial charge in [-0.25, -0.2) is 9.48 Å². The minimum atomic E-state index is -0.469. The third kappa shape index (κ3) is 5.41. The smallest absolute Gasteiger partial charge is 0.358 e. The van der Waals surface area contributed by atoms with E-state index in [1.165, 1.54) is 0 Å². The highest BCUT2D eigenvalue weighted by Gasteiger charge is 2.18. The lowest BCUT2D eigenvalue weighted by Crippen LogP contribution is -2.27. The van der Waals surface area contributed by atoms with Crippen LogP contribution < -0.4 is 0 Å². The summed E-state index contributed by atoms with van der Waals surface area (Å²) in [5.74, 6) is -0.482. The topological polar surface area (TPSA) is 64.4 Å². The first-order valence-electron chi connectivity index (χ1n) is 10.3. The summed E-state index contributed by atoms with van der Waals surface area (Å²) in [6.07, 6.45) is 2.01. The first-order chi connectivity index (χ1) is 14.9. The summed E-state index contributed by atoms with van der Waals surface area (Å²) in [5.41, 5.74) is 3.27. The molecule has 0 bridgehead atoms. The molecule has 0 atom stereocenters. The molecule has 0 saturated carbocycles. The van der Waals surface area contributed by atoms with Crippen molar-refractivity contribution in [3.05, 3.63) is 70.3 Å². The van der Waals surface area contributed by atoms with Crippen LogP contribution in [0, 0.1) is 0 Å². The van der Waals surface area contributed by atoms with Crippen molar-refractivity contribution in [3.8, 4) is 16.9 Å². The zero-order chi connectivity index (χ0) is 22.4. The maximum absolute atomic E-state index is 12.6. The number of unbranched alkanes of at least 4 members (excludes halogenated alkanes) is 1. The lowest BCUT2D eigenvalue weighted by Gasteiger charge is -2.17. The van der Waals surface area contributed by atoms with Crippen molar-refractivity contribution < 1.29 is 14.3 Å². The van der Waals surface area contributed by atoms with Crippen molar-refractivity contribution in [2.45, 2.75) is 26.7 Å². The van der Waals surface area contributed by atoms with Crippen LogP contribution in [0.2, 0.25) is 0 Å². The van der Waals surface area contributed by atoms with E-state index in [1.807, 2.05) is 43.4 Å². The standard InChI is InChI=1S/C24H26BrN3O3/c1-4-6-15-27(3)23(29)18-9-13-20(14-10-18)28-22(17-7-11-19(25)12-8-17)16-21(26-28)24(30)31-5-2/h7-14,16H,4-6,15H2,1-3H3. The number of hydrogen-bond acceptors (Lipinski definition) is 4. The molecule has 1 aromatic heterocycles. The Balaban J connectivity index is 1.96. The fourth-order valence-electron chi connectivity index (χ4n) is 3.17. The molecule has 31 heavy (non-hydrogen) atoms. The number of esters is 1. The van der Waals surface area contributed by atoms with Gasteiger partial charge in [0.25, 0.3) is 5.91 Å². The van der Waals surface area contributed by atoms with E-state index >= 15 is 0 Å². The number of rotatable bonds is 8. The number of halogens is 1. The molecule has 3 rings (SSSR count). The largest absolute Gasteiger partial charge is 0.461 e. The van der Waals surface area contributed by atoms with Gasteiger partial charge in [-0.15, -0.1) is 0 Å². The van der Waals surface area contributed by atoms with Crippen LogP contribution in [0.3, 0.4) is 0 Å². The fraction of sp³-hybridized carbons (Fsp3) is 0.292. The molecule has 2 aromatic carbocycles. The van der Waals surface area contributed by atoms with Crippen LogP contribution in [0.1, 0.15) is 47.5 Å². The van der Waals surface area contributed by atoms with Crippen molar-refractivity contribution in [2.24, 2.45) is 0 Å². The summed E-state index contributed by atoms with van der Waals surface area (Å²) in [4.78, 5) is 26.6. The van der Waals surface area contributed by atoms with E-state index < -0.39 is 5.97 Å². The summed E-state index contributed by atoms with van der Waals surface area (Å²) in [6.45, 7) is 4.87. The van der Waals surface area contributed by atoms with Gasteiger partial charge in [0.15, 0.2) is 5.69 Å². The van der Waals surface area contributed by atoms with Gasteiger partial charge < -0.3 is 9.64 Å². The molecule has 0 fully saturated rings. The van der Waals surface area contributed by atoms with Crippen LogP contribution in [-0.4, -0.2) is 46.8 Å². The number of amides is 1. The number of ether oxygens (including phenoxy) is 1. The van der Waals surface area contributed by atoms with Gasteiger partial charge in [-0.2, -0.15) is 5.10 Å². The first-order valence-corrected chi connectivity index (χ1v) is 11.1. The molecule has 0 aliphatic heterocycles. The van der Waals surface area contributed by atoms with E-state index in [4.69, 9.17) is 4.74 Å². The SMILES string of the molecule is CCCCN(C)C(=O)c1ccc(-n2nc(C(=O)OCC)cc2-c2ccc(Br)cc2)cc1. The lowest BCUT2D eigenvalue weighted by molar-refractivity contribution is 0.0518. The van der Waals surface area contributed by atoms with Gasteiger partial charge in [-0.05, 0) is 55.8 Å². The van der Waals surface area contributed by atoms with Crippen LogP contribution in [0.15, 0.2) is 59.1 Å². The van der Waals surface area contributed by atoms with Crippen molar-refractivity contribution in [2.75, 3.05) is 20.2 Å². The van der Waals surface area contributed by atoms with Crippen LogP contribution >= 0.6 is 15.9 Å². The number of hydrogen-bond donors (Lipinski definition) is 0. The van der Waals surface area contributed by atoms with Crippen molar-refractivity contribution >= 4 is 27.8 Å². The molecule has 7 heteroatoms. The zero-order valence-electron chi connectivity index (χ0n) is 18.0. The second-order valence-corrected chi connectivity index (χ2v) is 8.10. The summed E-state index contributed by atoms with van der Waals surface area (Å²) in [7, 11) is 1.82. The Kier molecular flexibility index (Phi) is 7.63. The van der Waals surface area contributed by atoms with E-state index in [2.05, 4.69) is 28.0 Å². The van der Waals surface area contributed by atoms with Crippen molar-refractivity contribution in [3.63, 3.8) is 0 Å². The molecule has 0 spiro atoms. The van der Waals surface area contributed by atoms with E-state index in [0.717, 1.165) is 40.8 Å². The molecular weight excluding hydrogens is 458 g/mol. The molecule has 0 radical (unpaired) electrons. The van der Waals surface area contributed by atoms with Crippen LogP contribution in [-0.2, 0) is 4.74 Å². The second kappa shape index (κ2) is 10.4. The molecule has 0 unspecified atom stereocenters. The van der Waals surface area contributed by atoms with Crippen molar-refractivity contribution in [1.29, 1.82) is 0 Å². The molecule has 6 nitrogen and oxygen atoms in total. The average molecular weight is 484 g/mol. The molecule has 1 heterocycles. The Morgan fingerprint density at radius 2 is 1.74 bits per heavy atom.